The van der Waals surface area contributed by atoms with E-state index in [0.29, 0.717) is 13.0 Å². The molecule has 1 aliphatic heterocycles. The number of primary amides is 1. The molecule has 0 aromatic heterocycles. The number of amides is 3. The van der Waals surface area contributed by atoms with E-state index < -0.39 is 23.5 Å². The third-order valence-corrected chi connectivity index (χ3v) is 6.35. The zero-order valence-electron chi connectivity index (χ0n) is 18.7. The third-order valence-electron chi connectivity index (χ3n) is 6.35. The van der Waals surface area contributed by atoms with Gasteiger partial charge in [0, 0.05) is 23.8 Å². The maximum Gasteiger partial charge on any atom is 0.267 e. The fourth-order valence-electron chi connectivity index (χ4n) is 4.74. The molecule has 174 valence electrons. The van der Waals surface area contributed by atoms with E-state index in [-0.39, 0.29) is 41.1 Å². The highest BCUT2D eigenvalue weighted by atomic mass is 19.1. The van der Waals surface area contributed by atoms with E-state index >= 15 is 0 Å². The molecule has 1 aromatic carbocycles. The number of carbonyl (C=O) groups is 3. The van der Waals surface area contributed by atoms with Gasteiger partial charge in [0.15, 0.2) is 0 Å². The fourth-order valence-corrected chi connectivity index (χ4v) is 4.74. The van der Waals surface area contributed by atoms with Gasteiger partial charge in [0.2, 0.25) is 11.8 Å². The highest BCUT2D eigenvalue weighted by Gasteiger charge is 2.36. The van der Waals surface area contributed by atoms with Crippen LogP contribution in [0.3, 0.4) is 0 Å². The van der Waals surface area contributed by atoms with Crippen LogP contribution in [-0.2, 0) is 14.4 Å². The van der Waals surface area contributed by atoms with Gasteiger partial charge >= 0.3 is 0 Å². The van der Waals surface area contributed by atoms with Crippen molar-refractivity contribution in [1.29, 1.82) is 5.41 Å². The van der Waals surface area contributed by atoms with E-state index in [1.807, 2.05) is 0 Å². The summed E-state index contributed by atoms with van der Waals surface area (Å²) in [5.74, 6) is -1.95. The van der Waals surface area contributed by atoms with E-state index in [9.17, 15) is 18.8 Å². The van der Waals surface area contributed by atoms with Crippen molar-refractivity contribution in [3.8, 4) is 0 Å². The lowest BCUT2D eigenvalue weighted by atomic mass is 9.75. The molecule has 0 radical (unpaired) electrons. The lowest BCUT2D eigenvalue weighted by Crippen LogP contribution is -2.51. The number of benzene rings is 1. The van der Waals surface area contributed by atoms with Crippen LogP contribution in [0.4, 0.5) is 10.1 Å². The molecular formula is C23H32FN5O3. The average Bonchev–Trinajstić information content (AvgIpc) is 3.21. The molecule has 1 unspecified atom stereocenters. The second-order valence-electron chi connectivity index (χ2n) is 9.49. The van der Waals surface area contributed by atoms with Gasteiger partial charge in [-0.15, -0.1) is 0 Å². The van der Waals surface area contributed by atoms with Gasteiger partial charge in [-0.2, -0.15) is 0 Å². The second-order valence-corrected chi connectivity index (χ2v) is 9.49. The molecule has 3 amide bonds. The Morgan fingerprint density at radius 1 is 1.25 bits per heavy atom. The van der Waals surface area contributed by atoms with Crippen LogP contribution in [0.25, 0.3) is 0 Å². The summed E-state index contributed by atoms with van der Waals surface area (Å²) < 4.78 is 13.7. The van der Waals surface area contributed by atoms with E-state index in [1.165, 1.54) is 6.07 Å². The van der Waals surface area contributed by atoms with Crippen molar-refractivity contribution in [2.24, 2.45) is 11.1 Å². The predicted octanol–water partition coefficient (Wildman–Crippen LogP) is 2.17. The van der Waals surface area contributed by atoms with Crippen LogP contribution >= 0.6 is 0 Å². The van der Waals surface area contributed by atoms with Crippen molar-refractivity contribution in [1.82, 2.24) is 10.2 Å². The van der Waals surface area contributed by atoms with Crippen molar-refractivity contribution >= 4 is 29.1 Å². The fraction of sp³-hybridized carbons (Fsp3) is 0.565. The van der Waals surface area contributed by atoms with Crippen molar-refractivity contribution < 1.29 is 18.8 Å². The molecule has 3 rings (SSSR count). The zero-order valence-corrected chi connectivity index (χ0v) is 18.7. The quantitative estimate of drug-likeness (QED) is 0.480. The van der Waals surface area contributed by atoms with Crippen LogP contribution < -0.4 is 16.4 Å². The Bertz CT molecular complexity index is 917. The predicted molar refractivity (Wildman–Crippen MR) is 120 cm³/mol. The molecular weight excluding hydrogens is 413 g/mol. The zero-order chi connectivity index (χ0) is 23.5. The van der Waals surface area contributed by atoms with Crippen LogP contribution in [0.5, 0.6) is 0 Å². The molecule has 2 aliphatic rings. The molecule has 1 aromatic rings. The number of nitrogens with two attached hydrogens (primary N) is 1. The Hall–Kier alpha value is -2.97. The van der Waals surface area contributed by atoms with E-state index in [2.05, 4.69) is 24.5 Å². The molecule has 1 saturated carbocycles. The van der Waals surface area contributed by atoms with Crippen molar-refractivity contribution in [3.05, 3.63) is 29.6 Å². The number of nitrogens with zero attached hydrogens (tertiary/aromatic N) is 1. The van der Waals surface area contributed by atoms with Gasteiger partial charge in [-0.3, -0.25) is 19.8 Å². The number of anilines is 1. The molecule has 1 aliphatic carbocycles. The molecule has 0 spiro atoms. The molecule has 8 nitrogen and oxygen atoms in total. The van der Waals surface area contributed by atoms with E-state index in [4.69, 9.17) is 11.1 Å². The van der Waals surface area contributed by atoms with Crippen LogP contribution in [0.1, 0.15) is 57.9 Å². The molecule has 1 heterocycles. The topological polar surface area (TPSA) is 128 Å². The van der Waals surface area contributed by atoms with Crippen molar-refractivity contribution in [3.63, 3.8) is 0 Å². The number of carbonyl (C=O) groups excluding carboxylic acids is 3. The van der Waals surface area contributed by atoms with Crippen LogP contribution in [0, 0.1) is 16.6 Å². The molecule has 0 bridgehead atoms. The van der Waals surface area contributed by atoms with Gasteiger partial charge in [-0.1, -0.05) is 20.3 Å². The Labute approximate surface area is 187 Å². The minimum Gasteiger partial charge on any atom is -0.376 e. The van der Waals surface area contributed by atoms with Gasteiger partial charge in [0.05, 0.1) is 6.54 Å². The van der Waals surface area contributed by atoms with Crippen molar-refractivity contribution in [2.75, 3.05) is 18.4 Å². The van der Waals surface area contributed by atoms with Gasteiger partial charge in [-0.05, 0) is 55.7 Å². The van der Waals surface area contributed by atoms with E-state index in [1.54, 1.807) is 4.90 Å². The number of nitrogens with one attached hydrogen (secondary N) is 3. The summed E-state index contributed by atoms with van der Waals surface area (Å²) >= 11 is 0. The molecule has 1 saturated heterocycles. The Morgan fingerprint density at radius 3 is 2.69 bits per heavy atom. The lowest BCUT2D eigenvalue weighted by Gasteiger charge is -2.36. The van der Waals surface area contributed by atoms with Gasteiger partial charge in [0.1, 0.15) is 17.6 Å². The highest BCUT2D eigenvalue weighted by Crippen LogP contribution is 2.35. The largest absolute Gasteiger partial charge is 0.376 e. The van der Waals surface area contributed by atoms with Gasteiger partial charge in [-0.25, -0.2) is 4.39 Å². The first-order valence-corrected chi connectivity index (χ1v) is 11.1. The Balaban J connectivity index is 1.63. The monoisotopic (exact) mass is 445 g/mol. The summed E-state index contributed by atoms with van der Waals surface area (Å²) in [6, 6.07) is 3.10. The van der Waals surface area contributed by atoms with Gasteiger partial charge < -0.3 is 21.3 Å². The SMILES string of the molecule is CC1(C)CCCC(NC(=O)[C@@H]2CCCN2C(=O)CNc2cc(F)ccc2C(=N)C(N)=O)C1. The number of hydrogen-bond acceptors (Lipinski definition) is 5. The van der Waals surface area contributed by atoms with Gasteiger partial charge in [0.25, 0.3) is 5.91 Å². The smallest absolute Gasteiger partial charge is 0.267 e. The Morgan fingerprint density at radius 2 is 2.00 bits per heavy atom. The summed E-state index contributed by atoms with van der Waals surface area (Å²) in [6.45, 7) is 4.70. The summed E-state index contributed by atoms with van der Waals surface area (Å²) in [4.78, 5) is 38.7. The summed E-state index contributed by atoms with van der Waals surface area (Å²) in [5, 5.41) is 13.7. The maximum atomic E-state index is 13.7. The molecule has 2 atom stereocenters. The normalized spacial score (nSPS) is 22.3. The number of hydrogen-bond donors (Lipinski definition) is 4. The lowest BCUT2D eigenvalue weighted by molar-refractivity contribution is -0.137. The van der Waals surface area contributed by atoms with Crippen LogP contribution in [-0.4, -0.2) is 53.5 Å². The number of likely N-dealkylation sites (tertiary alicyclic amines) is 1. The van der Waals surface area contributed by atoms with Crippen molar-refractivity contribution in [2.45, 2.75) is 64.5 Å². The third kappa shape index (κ3) is 5.63. The van der Waals surface area contributed by atoms with E-state index in [0.717, 1.165) is 44.2 Å². The maximum absolute atomic E-state index is 13.7. The summed E-state index contributed by atoms with van der Waals surface area (Å²) in [5.41, 5.74) is 5.14. The summed E-state index contributed by atoms with van der Waals surface area (Å²) in [6.07, 6.45) is 5.43. The Kier molecular flexibility index (Phi) is 7.16. The standard InChI is InChI=1S/C23H32FN5O3/c1-23(2)9-3-5-15(12-23)28-22(32)18-6-4-10-29(18)19(30)13-27-17-11-14(24)7-8-16(17)20(25)21(26)31/h7-8,11,15,18,25,27H,3-6,9-10,12-13H2,1-2H3,(H2,26,31)(H,28,32)/t15?,18-/m0/s1. The highest BCUT2D eigenvalue weighted by molar-refractivity contribution is 6.44. The molecule has 5 N–H and O–H groups in total. The molecule has 32 heavy (non-hydrogen) atoms. The molecule has 9 heteroatoms. The van der Waals surface area contributed by atoms with Crippen LogP contribution in [0.2, 0.25) is 0 Å². The van der Waals surface area contributed by atoms with Crippen LogP contribution in [0.15, 0.2) is 18.2 Å². The first kappa shape index (κ1) is 23.7. The molecule has 2 fully saturated rings. The summed E-state index contributed by atoms with van der Waals surface area (Å²) in [7, 11) is 0. The first-order valence-electron chi connectivity index (χ1n) is 11.1. The number of rotatable bonds is 7. The first-order chi connectivity index (χ1) is 15.1. The minimum atomic E-state index is -0.951. The second kappa shape index (κ2) is 9.67. The minimum absolute atomic E-state index is 0.113. The average molecular weight is 446 g/mol. The number of halogens is 1.